The van der Waals surface area contributed by atoms with Gasteiger partial charge in [0, 0.05) is 53.6 Å². The van der Waals surface area contributed by atoms with E-state index in [4.69, 9.17) is 21.4 Å². The first-order valence-electron chi connectivity index (χ1n) is 21.9. The molecule has 2 aliphatic carbocycles. The zero-order valence-corrected chi connectivity index (χ0v) is 35.9. The van der Waals surface area contributed by atoms with Gasteiger partial charge in [-0.25, -0.2) is 14.7 Å². The SMILES string of the molecule is Nc1ccc(-c2ccccc2)cc1N(C(=O)c1cnc2c(C3CC3)c(N(C(=O)O)c3cc(C4CC4)c4nc(N5CCNCC5)ccc4c3)ccc2c1)c1cc(-c2cccs2)ccc1N. The Balaban J connectivity index is 1.01. The Bertz CT molecular complexity index is 3110. The number of hydrogen-bond acceptors (Lipinski definition) is 9. The molecule has 2 amide bonds. The number of fused-ring (bicyclic) bond motifs is 2. The highest BCUT2D eigenvalue weighted by molar-refractivity contribution is 7.13. The molecular formula is C52H46N8O3S. The summed E-state index contributed by atoms with van der Waals surface area (Å²) >= 11 is 1.60. The lowest BCUT2D eigenvalue weighted by molar-refractivity contribution is 0.0999. The average molecular weight is 863 g/mol. The molecule has 3 fully saturated rings. The van der Waals surface area contributed by atoms with E-state index in [0.29, 0.717) is 51.1 Å². The second kappa shape index (κ2) is 16.1. The molecule has 12 heteroatoms. The molecule has 11 nitrogen and oxygen atoms in total. The normalized spacial score (nSPS) is 15.1. The summed E-state index contributed by atoms with van der Waals surface area (Å²) in [5.74, 6) is 1.06. The number of nitrogens with zero attached hydrogens (tertiary/aromatic N) is 5. The maximum absolute atomic E-state index is 15.2. The van der Waals surface area contributed by atoms with Crippen LogP contribution in [0, 0.1) is 0 Å². The summed E-state index contributed by atoms with van der Waals surface area (Å²) in [6, 6.07) is 39.1. The number of thiophene rings is 1. The van der Waals surface area contributed by atoms with E-state index in [1.165, 1.54) is 4.90 Å². The number of anilines is 7. The monoisotopic (exact) mass is 862 g/mol. The number of carboxylic acid groups (broad SMARTS) is 1. The van der Waals surface area contributed by atoms with Crippen molar-refractivity contribution in [3.8, 4) is 21.6 Å². The van der Waals surface area contributed by atoms with Crippen molar-refractivity contribution in [2.75, 3.05) is 52.3 Å². The van der Waals surface area contributed by atoms with Gasteiger partial charge in [-0.3, -0.25) is 14.7 Å². The number of hydrogen-bond donors (Lipinski definition) is 4. The summed E-state index contributed by atoms with van der Waals surface area (Å²) in [5.41, 5.74) is 23.2. The van der Waals surface area contributed by atoms with Crippen LogP contribution in [0.4, 0.5) is 44.7 Å². The lowest BCUT2D eigenvalue weighted by Gasteiger charge is -2.29. The lowest BCUT2D eigenvalue weighted by Crippen LogP contribution is -2.43. The van der Waals surface area contributed by atoms with Gasteiger partial charge in [0.05, 0.1) is 50.7 Å². The van der Waals surface area contributed by atoms with Crippen LogP contribution in [0.2, 0.25) is 0 Å². The number of carbonyl (C=O) groups excluding carboxylic acids is 1. The van der Waals surface area contributed by atoms with Crippen molar-refractivity contribution < 1.29 is 14.7 Å². The molecule has 0 unspecified atom stereocenters. The maximum Gasteiger partial charge on any atom is 0.416 e. The second-order valence-corrected chi connectivity index (χ2v) is 18.0. The third-order valence-corrected chi connectivity index (χ3v) is 13.6. The fourth-order valence-electron chi connectivity index (χ4n) is 9.15. The number of nitrogen functional groups attached to an aromatic ring is 2. The van der Waals surface area contributed by atoms with Gasteiger partial charge in [-0.1, -0.05) is 54.6 Å². The molecule has 0 bridgehead atoms. The molecular weight excluding hydrogens is 817 g/mol. The van der Waals surface area contributed by atoms with Crippen molar-refractivity contribution in [2.24, 2.45) is 0 Å². The van der Waals surface area contributed by atoms with E-state index in [1.54, 1.807) is 22.4 Å². The third-order valence-electron chi connectivity index (χ3n) is 12.7. The quantitative estimate of drug-likeness (QED) is 0.0984. The first-order chi connectivity index (χ1) is 31.3. The van der Waals surface area contributed by atoms with Gasteiger partial charge in [0.25, 0.3) is 5.91 Å². The number of rotatable bonds is 10. The summed E-state index contributed by atoms with van der Waals surface area (Å²) in [6.07, 6.45) is 4.45. The van der Waals surface area contributed by atoms with Gasteiger partial charge in [0.15, 0.2) is 0 Å². The molecule has 6 N–H and O–H groups in total. The van der Waals surface area contributed by atoms with Crippen molar-refractivity contribution in [1.29, 1.82) is 0 Å². The Kier molecular flexibility index (Phi) is 9.97. The van der Waals surface area contributed by atoms with Crippen molar-refractivity contribution in [1.82, 2.24) is 15.3 Å². The number of carbonyl (C=O) groups is 2. The van der Waals surface area contributed by atoms with Crippen LogP contribution in [-0.2, 0) is 0 Å². The molecule has 4 heterocycles. The Hall–Kier alpha value is -7.28. The summed E-state index contributed by atoms with van der Waals surface area (Å²) in [4.78, 5) is 45.2. The van der Waals surface area contributed by atoms with E-state index in [2.05, 4.69) is 22.3 Å². The molecule has 3 aliphatic rings. The predicted octanol–water partition coefficient (Wildman–Crippen LogP) is 11.3. The van der Waals surface area contributed by atoms with Crippen LogP contribution in [0.3, 0.4) is 0 Å². The molecule has 2 saturated carbocycles. The molecule has 3 aromatic heterocycles. The van der Waals surface area contributed by atoms with Crippen molar-refractivity contribution in [3.05, 3.63) is 150 Å². The molecule has 11 rings (SSSR count). The smallest absolute Gasteiger partial charge is 0.416 e. The lowest BCUT2D eigenvalue weighted by atomic mass is 9.99. The van der Waals surface area contributed by atoms with E-state index in [9.17, 15) is 9.90 Å². The highest BCUT2D eigenvalue weighted by Gasteiger charge is 2.35. The third kappa shape index (κ3) is 7.34. The van der Waals surface area contributed by atoms with Crippen LogP contribution >= 0.6 is 11.3 Å². The predicted molar refractivity (Wildman–Crippen MR) is 260 cm³/mol. The fourth-order valence-corrected chi connectivity index (χ4v) is 9.88. The zero-order chi connectivity index (χ0) is 43.5. The highest BCUT2D eigenvalue weighted by Crippen LogP contribution is 2.50. The first kappa shape index (κ1) is 39.6. The number of benzene rings is 5. The number of aromatic nitrogens is 2. The van der Waals surface area contributed by atoms with Gasteiger partial charge < -0.3 is 26.8 Å². The van der Waals surface area contributed by atoms with Crippen LogP contribution in [-0.4, -0.2) is 53.3 Å². The summed E-state index contributed by atoms with van der Waals surface area (Å²) in [6.45, 7) is 3.62. The van der Waals surface area contributed by atoms with Gasteiger partial charge in [0.2, 0.25) is 0 Å². The standard InChI is InChI=1S/C52H46N8O3S/c53-41-16-12-34(31-5-2-1-3-6-31)27-44(41)60(45-28-35(13-17-42(45)54)46-7-4-24-64-46)51(61)38-25-36-14-18-43(48(33-10-11-33)50(36)56-30-38)59(52(62)63)39-26-37-15-19-47(58-22-20-55-21-23-58)57-49(37)40(29-39)32-8-9-32/h1-7,12-19,24-30,32-33,55H,8-11,20-23,53-54H2,(H,62,63). The summed E-state index contributed by atoms with van der Waals surface area (Å²) in [5, 5.41) is 18.1. The molecule has 0 radical (unpaired) electrons. The van der Waals surface area contributed by atoms with Crippen LogP contribution in [0.25, 0.3) is 43.4 Å². The van der Waals surface area contributed by atoms with E-state index < -0.39 is 6.09 Å². The van der Waals surface area contributed by atoms with E-state index in [-0.39, 0.29) is 11.8 Å². The highest BCUT2D eigenvalue weighted by atomic mass is 32.1. The molecule has 64 heavy (non-hydrogen) atoms. The molecule has 1 aliphatic heterocycles. The Labute approximate surface area is 374 Å². The Morgan fingerprint density at radius 2 is 1.39 bits per heavy atom. The van der Waals surface area contributed by atoms with Crippen molar-refractivity contribution >= 4 is 85.1 Å². The molecule has 318 valence electrons. The van der Waals surface area contributed by atoms with Gasteiger partial charge in [-0.05, 0) is 132 Å². The van der Waals surface area contributed by atoms with Crippen LogP contribution < -0.4 is 31.5 Å². The minimum atomic E-state index is -1.08. The maximum atomic E-state index is 15.2. The zero-order valence-electron chi connectivity index (χ0n) is 35.1. The largest absolute Gasteiger partial charge is 0.464 e. The van der Waals surface area contributed by atoms with Gasteiger partial charge in [-0.15, -0.1) is 11.3 Å². The van der Waals surface area contributed by atoms with Crippen molar-refractivity contribution in [2.45, 2.75) is 37.5 Å². The van der Waals surface area contributed by atoms with Crippen LogP contribution in [0.1, 0.15) is 59.0 Å². The van der Waals surface area contributed by atoms with E-state index >= 15 is 4.79 Å². The number of amides is 2. The molecule has 1 saturated heterocycles. The Morgan fingerprint density at radius 1 is 0.688 bits per heavy atom. The Morgan fingerprint density at radius 3 is 2.09 bits per heavy atom. The van der Waals surface area contributed by atoms with Crippen molar-refractivity contribution in [3.63, 3.8) is 0 Å². The summed E-state index contributed by atoms with van der Waals surface area (Å²) < 4.78 is 0. The molecule has 5 aromatic carbocycles. The van der Waals surface area contributed by atoms with Gasteiger partial charge in [0.1, 0.15) is 5.82 Å². The minimum absolute atomic E-state index is 0.123. The number of piperazine rings is 1. The van der Waals surface area contributed by atoms with Crippen LogP contribution in [0.15, 0.2) is 133 Å². The fraction of sp³-hybridized carbons (Fsp3) is 0.192. The number of nitrogens with two attached hydrogens (primary N) is 2. The number of nitrogens with one attached hydrogen (secondary N) is 1. The molecule has 0 atom stereocenters. The second-order valence-electron chi connectivity index (χ2n) is 17.0. The van der Waals surface area contributed by atoms with E-state index in [0.717, 1.165) is 107 Å². The molecule has 0 spiro atoms. The van der Waals surface area contributed by atoms with Crippen LogP contribution in [0.5, 0.6) is 0 Å². The van der Waals surface area contributed by atoms with Gasteiger partial charge >= 0.3 is 6.09 Å². The van der Waals surface area contributed by atoms with E-state index in [1.807, 2.05) is 115 Å². The van der Waals surface area contributed by atoms with Gasteiger partial charge in [-0.2, -0.15) is 0 Å². The minimum Gasteiger partial charge on any atom is -0.464 e. The summed E-state index contributed by atoms with van der Waals surface area (Å²) in [7, 11) is 0. The first-order valence-corrected chi connectivity index (χ1v) is 22.8. The molecule has 8 aromatic rings. The number of pyridine rings is 2. The average Bonchev–Trinajstić information content (AvgIpc) is 4.28. The topological polar surface area (TPSA) is 154 Å².